The fourth-order valence-electron chi connectivity index (χ4n) is 2.37. The molecule has 0 radical (unpaired) electrons. The molecule has 7 nitrogen and oxygen atoms in total. The molecule has 7 heteroatoms. The third-order valence-electron chi connectivity index (χ3n) is 3.39. The van der Waals surface area contributed by atoms with Gasteiger partial charge in [0.2, 0.25) is 0 Å². The van der Waals surface area contributed by atoms with Crippen molar-refractivity contribution in [2.75, 3.05) is 0 Å². The first-order valence-corrected chi connectivity index (χ1v) is 6.33. The third-order valence-corrected chi connectivity index (χ3v) is 3.39. The summed E-state index contributed by atoms with van der Waals surface area (Å²) in [5.74, 6) is 0. The highest BCUT2D eigenvalue weighted by Crippen LogP contribution is 2.39. The van der Waals surface area contributed by atoms with Crippen LogP contribution in [0.4, 0.5) is 0 Å². The summed E-state index contributed by atoms with van der Waals surface area (Å²) >= 11 is 0. The average molecular weight is 297 g/mol. The van der Waals surface area contributed by atoms with Gasteiger partial charge in [0.15, 0.2) is 6.07 Å². The highest BCUT2D eigenvalue weighted by atomic mass is 16.6. The van der Waals surface area contributed by atoms with Gasteiger partial charge in [0, 0.05) is 10.5 Å². The standard InChI is InChI=1S/C15H11N3O4/c16-11-15(18(21)22,13-9-5-2-6-10-13)14(17(19)20)12-7-3-1-4-8-12/h1-10,14H. The molecule has 0 fully saturated rings. The quantitative estimate of drug-likeness (QED) is 0.622. The van der Waals surface area contributed by atoms with Crippen molar-refractivity contribution in [2.45, 2.75) is 11.6 Å². The summed E-state index contributed by atoms with van der Waals surface area (Å²) in [6.07, 6.45) is 0. The molecular weight excluding hydrogens is 286 g/mol. The van der Waals surface area contributed by atoms with Gasteiger partial charge in [-0.15, -0.1) is 0 Å². The zero-order valence-corrected chi connectivity index (χ0v) is 11.3. The van der Waals surface area contributed by atoms with E-state index in [9.17, 15) is 25.5 Å². The average Bonchev–Trinajstić information content (AvgIpc) is 2.53. The second kappa shape index (κ2) is 6.01. The molecule has 0 saturated carbocycles. The summed E-state index contributed by atoms with van der Waals surface area (Å²) in [5, 5.41) is 32.7. The smallest absolute Gasteiger partial charge is 0.264 e. The maximum atomic E-state index is 11.7. The van der Waals surface area contributed by atoms with Crippen LogP contribution >= 0.6 is 0 Å². The minimum atomic E-state index is -2.49. The van der Waals surface area contributed by atoms with Gasteiger partial charge in [0.1, 0.15) is 0 Å². The maximum Gasteiger partial charge on any atom is 0.400 e. The van der Waals surface area contributed by atoms with E-state index in [1.807, 2.05) is 0 Å². The predicted octanol–water partition coefficient (Wildman–Crippen LogP) is 2.70. The zero-order valence-electron chi connectivity index (χ0n) is 11.3. The SMILES string of the molecule is N#CC(c1ccccc1)(C(c1ccccc1)[N+](=O)[O-])[N+](=O)[O-]. The lowest BCUT2D eigenvalue weighted by Crippen LogP contribution is -2.43. The lowest BCUT2D eigenvalue weighted by molar-refractivity contribution is -0.653. The fraction of sp³-hybridized carbons (Fsp3) is 0.133. The number of nitro groups is 2. The Morgan fingerprint density at radius 3 is 1.86 bits per heavy atom. The van der Waals surface area contributed by atoms with Gasteiger partial charge in [-0.05, 0) is 0 Å². The van der Waals surface area contributed by atoms with Gasteiger partial charge in [0.05, 0.1) is 10.5 Å². The molecule has 0 spiro atoms. The Kier molecular flexibility index (Phi) is 4.13. The van der Waals surface area contributed by atoms with Crippen molar-refractivity contribution in [2.24, 2.45) is 0 Å². The number of hydrogen-bond acceptors (Lipinski definition) is 5. The summed E-state index contributed by atoms with van der Waals surface area (Å²) in [7, 11) is 0. The lowest BCUT2D eigenvalue weighted by atomic mass is 9.81. The van der Waals surface area contributed by atoms with Gasteiger partial charge in [-0.3, -0.25) is 20.2 Å². The Labute approximate surface area is 125 Å². The van der Waals surface area contributed by atoms with Crippen LogP contribution in [0.5, 0.6) is 0 Å². The molecule has 2 atom stereocenters. The number of benzene rings is 2. The molecule has 0 saturated heterocycles. The molecule has 0 aliphatic carbocycles. The molecule has 22 heavy (non-hydrogen) atoms. The molecule has 0 aliphatic heterocycles. The van der Waals surface area contributed by atoms with Gasteiger partial charge >= 0.3 is 11.6 Å². The third kappa shape index (κ3) is 2.38. The van der Waals surface area contributed by atoms with Crippen molar-refractivity contribution in [3.05, 3.63) is 92.0 Å². The molecule has 110 valence electrons. The molecule has 2 rings (SSSR count). The van der Waals surface area contributed by atoms with Crippen LogP contribution in [0.25, 0.3) is 0 Å². The predicted molar refractivity (Wildman–Crippen MR) is 76.9 cm³/mol. The van der Waals surface area contributed by atoms with Gasteiger partial charge in [-0.25, -0.2) is 0 Å². The van der Waals surface area contributed by atoms with Gasteiger partial charge in [-0.1, -0.05) is 60.7 Å². The van der Waals surface area contributed by atoms with E-state index < -0.39 is 21.4 Å². The second-order valence-corrected chi connectivity index (χ2v) is 4.60. The number of nitriles is 1. The number of rotatable bonds is 5. The molecule has 0 aliphatic rings. The Morgan fingerprint density at radius 2 is 1.45 bits per heavy atom. The van der Waals surface area contributed by atoms with Crippen LogP contribution in [0, 0.1) is 31.6 Å². The van der Waals surface area contributed by atoms with E-state index in [1.165, 1.54) is 36.4 Å². The van der Waals surface area contributed by atoms with Crippen LogP contribution in [-0.4, -0.2) is 9.85 Å². The van der Waals surface area contributed by atoms with E-state index in [2.05, 4.69) is 0 Å². The van der Waals surface area contributed by atoms with Crippen LogP contribution < -0.4 is 0 Å². The van der Waals surface area contributed by atoms with Crippen molar-refractivity contribution >= 4 is 0 Å². The van der Waals surface area contributed by atoms with Crippen LogP contribution in [0.1, 0.15) is 17.2 Å². The van der Waals surface area contributed by atoms with Crippen molar-refractivity contribution < 1.29 is 9.85 Å². The minimum Gasteiger partial charge on any atom is -0.264 e. The summed E-state index contributed by atoms with van der Waals surface area (Å²) in [4.78, 5) is 21.5. The van der Waals surface area contributed by atoms with Gasteiger partial charge in [0.25, 0.3) is 0 Å². The topological polar surface area (TPSA) is 110 Å². The monoisotopic (exact) mass is 297 g/mol. The highest BCUT2D eigenvalue weighted by molar-refractivity contribution is 5.34. The van der Waals surface area contributed by atoms with Gasteiger partial charge in [-0.2, -0.15) is 5.26 Å². The molecule has 0 N–H and O–H groups in total. The normalized spacial score (nSPS) is 14.3. The highest BCUT2D eigenvalue weighted by Gasteiger charge is 2.61. The van der Waals surface area contributed by atoms with E-state index in [-0.39, 0.29) is 11.1 Å². The van der Waals surface area contributed by atoms with Crippen LogP contribution in [0.2, 0.25) is 0 Å². The minimum absolute atomic E-state index is 0.0203. The molecule has 2 aromatic rings. The maximum absolute atomic E-state index is 11.7. The Bertz CT molecular complexity index is 727. The molecule has 0 bridgehead atoms. The largest absolute Gasteiger partial charge is 0.400 e. The Hall–Kier alpha value is -3.27. The zero-order chi connectivity index (χ0) is 16.2. The summed E-state index contributed by atoms with van der Waals surface area (Å²) in [5.41, 5.74) is -2.41. The first kappa shape index (κ1) is 15.1. The molecular formula is C15H11N3O4. The Morgan fingerprint density at radius 1 is 0.955 bits per heavy atom. The number of hydrogen-bond donors (Lipinski definition) is 0. The van der Waals surface area contributed by atoms with E-state index in [0.29, 0.717) is 0 Å². The lowest BCUT2D eigenvalue weighted by Gasteiger charge is -2.22. The Balaban J connectivity index is 2.75. The first-order chi connectivity index (χ1) is 10.5. The number of nitrogens with zero attached hydrogens (tertiary/aromatic N) is 3. The molecule has 0 aromatic heterocycles. The molecule has 2 aromatic carbocycles. The van der Waals surface area contributed by atoms with Crippen LogP contribution in [0.3, 0.4) is 0 Å². The van der Waals surface area contributed by atoms with Crippen molar-refractivity contribution in [3.63, 3.8) is 0 Å². The van der Waals surface area contributed by atoms with Crippen molar-refractivity contribution in [1.82, 2.24) is 0 Å². The van der Waals surface area contributed by atoms with Gasteiger partial charge < -0.3 is 0 Å². The molecule has 0 amide bonds. The van der Waals surface area contributed by atoms with Crippen molar-refractivity contribution in [1.29, 1.82) is 5.26 Å². The first-order valence-electron chi connectivity index (χ1n) is 6.33. The summed E-state index contributed by atoms with van der Waals surface area (Å²) < 4.78 is 0. The second-order valence-electron chi connectivity index (χ2n) is 4.60. The van der Waals surface area contributed by atoms with E-state index in [0.717, 1.165) is 0 Å². The summed E-state index contributed by atoms with van der Waals surface area (Å²) in [6, 6.07) is 14.6. The summed E-state index contributed by atoms with van der Waals surface area (Å²) in [6.45, 7) is 0. The van der Waals surface area contributed by atoms with E-state index in [1.54, 1.807) is 30.3 Å². The fourth-order valence-corrected chi connectivity index (χ4v) is 2.37. The molecule has 2 unspecified atom stereocenters. The van der Waals surface area contributed by atoms with E-state index >= 15 is 0 Å². The van der Waals surface area contributed by atoms with E-state index in [4.69, 9.17) is 0 Å². The van der Waals surface area contributed by atoms with Crippen LogP contribution in [0.15, 0.2) is 60.7 Å². The molecule has 0 heterocycles. The van der Waals surface area contributed by atoms with Crippen LogP contribution in [-0.2, 0) is 5.54 Å². The van der Waals surface area contributed by atoms with Crippen molar-refractivity contribution in [3.8, 4) is 6.07 Å².